The van der Waals surface area contributed by atoms with Gasteiger partial charge in [-0.15, -0.1) is 0 Å². The van der Waals surface area contributed by atoms with E-state index in [1.54, 1.807) is 39.2 Å². The van der Waals surface area contributed by atoms with Crippen molar-refractivity contribution in [2.45, 2.75) is 77.7 Å². The molecular weight excluding hydrogens is 375 g/mol. The van der Waals surface area contributed by atoms with Crippen molar-refractivity contribution in [1.82, 2.24) is 10.3 Å². The first-order chi connectivity index (χ1) is 13.2. The molecule has 1 aliphatic rings. The van der Waals surface area contributed by atoms with E-state index < -0.39 is 42.0 Å². The minimum atomic E-state index is -0.674. The average molecular weight is 406 g/mol. The Hall–Kier alpha value is -2.13. The van der Waals surface area contributed by atoms with Crippen molar-refractivity contribution in [2.75, 3.05) is 7.11 Å². The number of aromatic nitrogens is 1. The smallest absolute Gasteiger partial charge is 0.469 e. The molecule has 1 saturated heterocycles. The minimum absolute atomic E-state index is 0.0652. The summed E-state index contributed by atoms with van der Waals surface area (Å²) in [5.74, 6) is -0.466. The fraction of sp³-hybridized carbons (Fsp3) is 0.650. The van der Waals surface area contributed by atoms with Crippen LogP contribution in [0.2, 0.25) is 0 Å². The van der Waals surface area contributed by atoms with Crippen LogP contribution in [0.5, 0.6) is 0 Å². The first-order valence-corrected chi connectivity index (χ1v) is 9.61. The molecule has 2 rings (SSSR count). The summed E-state index contributed by atoms with van der Waals surface area (Å²) in [5, 5.41) is 2.72. The largest absolute Gasteiger partial charge is 0.496 e. The lowest BCUT2D eigenvalue weighted by Crippen LogP contribution is -2.41. The fourth-order valence-electron chi connectivity index (χ4n) is 2.73. The quantitative estimate of drug-likeness (QED) is 0.593. The maximum absolute atomic E-state index is 12.3. The van der Waals surface area contributed by atoms with Crippen molar-refractivity contribution < 1.29 is 28.4 Å². The van der Waals surface area contributed by atoms with Gasteiger partial charge in [0, 0.05) is 17.9 Å². The number of nitrogens with one attached hydrogen (secondary N) is 1. The first kappa shape index (κ1) is 23.2. The van der Waals surface area contributed by atoms with E-state index in [0.717, 1.165) is 0 Å². The van der Waals surface area contributed by atoms with E-state index in [2.05, 4.69) is 10.3 Å². The summed E-state index contributed by atoms with van der Waals surface area (Å²) >= 11 is 0. The molecule has 160 valence electrons. The number of carbonyl (C=O) groups is 2. The Morgan fingerprint density at radius 3 is 2.28 bits per heavy atom. The Labute approximate surface area is 172 Å². The van der Waals surface area contributed by atoms with E-state index in [1.807, 2.05) is 27.7 Å². The highest BCUT2D eigenvalue weighted by atomic mass is 16.7. The Morgan fingerprint density at radius 1 is 1.17 bits per heavy atom. The standard InChI is InChI=1S/C20H31BN2O6/c1-18(2,3)27-17(25)23-15(10-16(24)26-8)13-9-14(12-22-11-13)21-28-19(4,5)20(6,7)29-21/h9,11-12,15H,10H2,1-8H3,(H,23,25). The molecule has 1 N–H and O–H groups in total. The maximum Gasteiger partial charge on any atom is 0.496 e. The molecular formula is C20H31BN2O6. The van der Waals surface area contributed by atoms with E-state index in [9.17, 15) is 9.59 Å². The molecule has 0 aliphatic carbocycles. The first-order valence-electron chi connectivity index (χ1n) is 9.61. The van der Waals surface area contributed by atoms with Gasteiger partial charge in [-0.05, 0) is 54.0 Å². The number of amides is 1. The molecule has 1 aromatic rings. The third kappa shape index (κ3) is 5.93. The van der Waals surface area contributed by atoms with Gasteiger partial charge >= 0.3 is 19.2 Å². The molecule has 0 spiro atoms. The zero-order valence-electron chi connectivity index (χ0n) is 18.5. The number of esters is 1. The highest BCUT2D eigenvalue weighted by molar-refractivity contribution is 6.62. The lowest BCUT2D eigenvalue weighted by Gasteiger charge is -2.32. The van der Waals surface area contributed by atoms with Crippen molar-refractivity contribution in [3.8, 4) is 0 Å². The zero-order valence-corrected chi connectivity index (χ0v) is 18.5. The highest BCUT2D eigenvalue weighted by Gasteiger charge is 2.51. The lowest BCUT2D eigenvalue weighted by atomic mass is 9.79. The molecule has 0 saturated carbocycles. The Morgan fingerprint density at radius 2 is 1.76 bits per heavy atom. The third-order valence-corrected chi connectivity index (χ3v) is 5.00. The van der Waals surface area contributed by atoms with Gasteiger partial charge < -0.3 is 24.1 Å². The van der Waals surface area contributed by atoms with Gasteiger partial charge in [0.1, 0.15) is 5.60 Å². The summed E-state index contributed by atoms with van der Waals surface area (Å²) in [6, 6.07) is 1.13. The Bertz CT molecular complexity index is 744. The number of hydrogen-bond acceptors (Lipinski definition) is 7. The van der Waals surface area contributed by atoms with Crippen LogP contribution in [0, 0.1) is 0 Å². The molecule has 8 nitrogen and oxygen atoms in total. The average Bonchev–Trinajstić information content (AvgIpc) is 2.80. The van der Waals surface area contributed by atoms with Gasteiger partial charge in [0.2, 0.25) is 0 Å². The number of rotatable bonds is 5. The minimum Gasteiger partial charge on any atom is -0.469 e. The second-order valence-electron chi connectivity index (χ2n) is 9.12. The number of nitrogens with zero attached hydrogens (tertiary/aromatic N) is 1. The number of carbonyl (C=O) groups excluding carboxylic acids is 2. The highest BCUT2D eigenvalue weighted by Crippen LogP contribution is 2.36. The Balaban J connectivity index is 2.26. The number of hydrogen-bond donors (Lipinski definition) is 1. The van der Waals surface area contributed by atoms with Gasteiger partial charge in [-0.1, -0.05) is 6.07 Å². The molecule has 0 radical (unpaired) electrons. The van der Waals surface area contributed by atoms with Crippen molar-refractivity contribution in [1.29, 1.82) is 0 Å². The second kappa shape index (κ2) is 8.32. The van der Waals surface area contributed by atoms with E-state index in [0.29, 0.717) is 11.0 Å². The maximum atomic E-state index is 12.3. The van der Waals surface area contributed by atoms with Crippen molar-refractivity contribution in [3.63, 3.8) is 0 Å². The van der Waals surface area contributed by atoms with E-state index in [4.69, 9.17) is 18.8 Å². The van der Waals surface area contributed by atoms with Gasteiger partial charge in [0.15, 0.2) is 0 Å². The molecule has 1 atom stereocenters. The SMILES string of the molecule is COC(=O)CC(NC(=O)OC(C)(C)C)c1cncc(B2OC(C)(C)C(C)(C)O2)c1. The zero-order chi connectivity index (χ0) is 22.0. The van der Waals surface area contributed by atoms with Crippen LogP contribution in [0.25, 0.3) is 0 Å². The summed E-state index contributed by atoms with van der Waals surface area (Å²) in [4.78, 5) is 28.4. The molecule has 1 amide bonds. The summed E-state index contributed by atoms with van der Waals surface area (Å²) in [7, 11) is 0.694. The van der Waals surface area contributed by atoms with Crippen LogP contribution >= 0.6 is 0 Å². The predicted molar refractivity (Wildman–Crippen MR) is 109 cm³/mol. The van der Waals surface area contributed by atoms with E-state index >= 15 is 0 Å². The number of pyridine rings is 1. The number of ether oxygens (including phenoxy) is 2. The van der Waals surface area contributed by atoms with Crippen molar-refractivity contribution >= 4 is 24.6 Å². The molecule has 1 aliphatic heterocycles. The summed E-state index contributed by atoms with van der Waals surface area (Å²) in [6.45, 7) is 13.2. The molecule has 1 fully saturated rings. The molecule has 1 aromatic heterocycles. The van der Waals surface area contributed by atoms with Crippen LogP contribution in [-0.2, 0) is 23.6 Å². The second-order valence-corrected chi connectivity index (χ2v) is 9.12. The number of alkyl carbamates (subject to hydrolysis) is 1. The Kier molecular flexibility index (Phi) is 6.64. The van der Waals surface area contributed by atoms with E-state index in [-0.39, 0.29) is 6.42 Å². The van der Waals surface area contributed by atoms with E-state index in [1.165, 1.54) is 7.11 Å². The van der Waals surface area contributed by atoms with Gasteiger partial charge in [-0.2, -0.15) is 0 Å². The summed E-state index contributed by atoms with van der Waals surface area (Å²) in [6.07, 6.45) is 2.53. The number of methoxy groups -OCH3 is 1. The van der Waals surface area contributed by atoms with Crippen molar-refractivity contribution in [2.24, 2.45) is 0 Å². The molecule has 0 bridgehead atoms. The molecule has 1 unspecified atom stereocenters. The predicted octanol–water partition coefficient (Wildman–Crippen LogP) is 2.51. The van der Waals surface area contributed by atoms with Gasteiger partial charge in [-0.3, -0.25) is 9.78 Å². The summed E-state index contributed by atoms with van der Waals surface area (Å²) < 4.78 is 22.2. The van der Waals surface area contributed by atoms with Gasteiger partial charge in [0.05, 0.1) is 30.8 Å². The van der Waals surface area contributed by atoms with Crippen LogP contribution in [0.4, 0.5) is 4.79 Å². The molecule has 0 aromatic carbocycles. The fourth-order valence-corrected chi connectivity index (χ4v) is 2.73. The van der Waals surface area contributed by atoms with Crippen LogP contribution < -0.4 is 10.8 Å². The monoisotopic (exact) mass is 406 g/mol. The molecule has 2 heterocycles. The van der Waals surface area contributed by atoms with Crippen molar-refractivity contribution in [3.05, 3.63) is 24.0 Å². The lowest BCUT2D eigenvalue weighted by molar-refractivity contribution is -0.141. The third-order valence-electron chi connectivity index (χ3n) is 5.00. The summed E-state index contributed by atoms with van der Waals surface area (Å²) in [5.41, 5.74) is -0.333. The van der Waals surface area contributed by atoms with Crippen LogP contribution in [-0.4, -0.2) is 48.1 Å². The molecule has 29 heavy (non-hydrogen) atoms. The van der Waals surface area contributed by atoms with Gasteiger partial charge in [0.25, 0.3) is 0 Å². The normalized spacial score (nSPS) is 18.8. The topological polar surface area (TPSA) is 96.0 Å². The van der Waals surface area contributed by atoms with Crippen LogP contribution in [0.1, 0.15) is 66.5 Å². The molecule has 9 heteroatoms. The van der Waals surface area contributed by atoms with Crippen LogP contribution in [0.15, 0.2) is 18.5 Å². The van der Waals surface area contributed by atoms with Crippen LogP contribution in [0.3, 0.4) is 0 Å². The van der Waals surface area contributed by atoms with Gasteiger partial charge in [-0.25, -0.2) is 4.79 Å².